The third kappa shape index (κ3) is 4.19. The van der Waals surface area contributed by atoms with Crippen LogP contribution in [0.2, 0.25) is 0 Å². The molecule has 5 heteroatoms. The molecule has 0 saturated heterocycles. The first-order valence-corrected chi connectivity index (χ1v) is 10.1. The Hall–Kier alpha value is -2.66. The summed E-state index contributed by atoms with van der Waals surface area (Å²) in [7, 11) is 0. The van der Waals surface area contributed by atoms with E-state index in [1.807, 2.05) is 36.6 Å². The maximum atomic E-state index is 12.8. The van der Waals surface area contributed by atoms with Crippen molar-refractivity contribution in [2.45, 2.75) is 38.8 Å². The largest absolute Gasteiger partial charge is 0.487 e. The lowest BCUT2D eigenvalue weighted by atomic mass is 9.87. The molecular weight excluding hydrogens is 356 g/mol. The average Bonchev–Trinajstić information content (AvgIpc) is 3.12. The number of nitrogens with zero attached hydrogens (tertiary/aromatic N) is 1. The first-order valence-electron chi connectivity index (χ1n) is 9.21. The number of aromatic nitrogens is 1. The SMILES string of the molecule is Cc1nc(COc2cccc(C(=O)N[C@@H]3CCCc4ccccc43)c2)cs1. The van der Waals surface area contributed by atoms with Crippen LogP contribution in [0.15, 0.2) is 53.9 Å². The summed E-state index contributed by atoms with van der Waals surface area (Å²) in [5.41, 5.74) is 4.10. The number of aryl methyl sites for hydroxylation is 2. The number of amides is 1. The van der Waals surface area contributed by atoms with Crippen molar-refractivity contribution in [1.29, 1.82) is 0 Å². The van der Waals surface area contributed by atoms with E-state index in [2.05, 4.69) is 28.5 Å². The van der Waals surface area contributed by atoms with Crippen molar-refractivity contribution in [3.8, 4) is 5.75 Å². The molecule has 27 heavy (non-hydrogen) atoms. The molecule has 0 unspecified atom stereocenters. The summed E-state index contributed by atoms with van der Waals surface area (Å²) in [6.45, 7) is 2.38. The fourth-order valence-electron chi connectivity index (χ4n) is 3.50. The van der Waals surface area contributed by atoms with E-state index in [-0.39, 0.29) is 11.9 Å². The van der Waals surface area contributed by atoms with E-state index in [1.165, 1.54) is 11.1 Å². The van der Waals surface area contributed by atoms with Gasteiger partial charge < -0.3 is 10.1 Å². The van der Waals surface area contributed by atoms with Gasteiger partial charge >= 0.3 is 0 Å². The van der Waals surface area contributed by atoms with E-state index in [4.69, 9.17) is 4.74 Å². The number of benzene rings is 2. The highest BCUT2D eigenvalue weighted by atomic mass is 32.1. The van der Waals surface area contributed by atoms with Gasteiger partial charge in [0.15, 0.2) is 0 Å². The van der Waals surface area contributed by atoms with Gasteiger partial charge in [0.05, 0.1) is 16.7 Å². The van der Waals surface area contributed by atoms with Gasteiger partial charge in [0.2, 0.25) is 0 Å². The molecule has 4 rings (SSSR count). The minimum absolute atomic E-state index is 0.0633. The summed E-state index contributed by atoms with van der Waals surface area (Å²) in [5.74, 6) is 0.615. The molecule has 1 heterocycles. The molecule has 1 aliphatic rings. The number of thiazole rings is 1. The van der Waals surface area contributed by atoms with Crippen LogP contribution in [0.4, 0.5) is 0 Å². The number of hydrogen-bond acceptors (Lipinski definition) is 4. The van der Waals surface area contributed by atoms with Crippen LogP contribution in [0.5, 0.6) is 5.75 Å². The number of hydrogen-bond donors (Lipinski definition) is 1. The molecule has 138 valence electrons. The Kier molecular flexibility index (Phi) is 5.21. The van der Waals surface area contributed by atoms with E-state index in [1.54, 1.807) is 17.4 Å². The van der Waals surface area contributed by atoms with Crippen LogP contribution in [0.3, 0.4) is 0 Å². The van der Waals surface area contributed by atoms with Crippen molar-refractivity contribution in [2.75, 3.05) is 0 Å². The van der Waals surface area contributed by atoms with Gasteiger partial charge in [0.1, 0.15) is 12.4 Å². The first kappa shape index (κ1) is 17.7. The van der Waals surface area contributed by atoms with Crippen LogP contribution in [-0.2, 0) is 13.0 Å². The Morgan fingerprint density at radius 1 is 1.26 bits per heavy atom. The van der Waals surface area contributed by atoms with Gasteiger partial charge in [-0.3, -0.25) is 4.79 Å². The number of carbonyl (C=O) groups excluding carboxylic acids is 1. The third-order valence-electron chi connectivity index (χ3n) is 4.82. The molecular formula is C22H22N2O2S. The fourth-order valence-corrected chi connectivity index (χ4v) is 4.10. The zero-order valence-electron chi connectivity index (χ0n) is 15.3. The molecule has 1 amide bonds. The molecule has 0 spiro atoms. The van der Waals surface area contributed by atoms with Gasteiger partial charge in [0.25, 0.3) is 5.91 Å². The summed E-state index contributed by atoms with van der Waals surface area (Å²) in [5, 5.41) is 6.21. The predicted molar refractivity (Wildman–Crippen MR) is 107 cm³/mol. The molecule has 1 atom stereocenters. The number of fused-ring (bicyclic) bond motifs is 1. The second-order valence-electron chi connectivity index (χ2n) is 6.79. The van der Waals surface area contributed by atoms with Crippen molar-refractivity contribution in [1.82, 2.24) is 10.3 Å². The summed E-state index contributed by atoms with van der Waals surface area (Å²) in [4.78, 5) is 17.2. The van der Waals surface area contributed by atoms with Crippen molar-refractivity contribution in [2.24, 2.45) is 0 Å². The Morgan fingerprint density at radius 2 is 2.15 bits per heavy atom. The molecule has 1 aromatic heterocycles. The highest BCUT2D eigenvalue weighted by molar-refractivity contribution is 7.09. The van der Waals surface area contributed by atoms with Crippen LogP contribution in [0, 0.1) is 6.92 Å². The molecule has 1 N–H and O–H groups in total. The molecule has 0 aliphatic heterocycles. The second kappa shape index (κ2) is 7.92. The second-order valence-corrected chi connectivity index (χ2v) is 7.85. The summed E-state index contributed by atoms with van der Waals surface area (Å²) in [6.07, 6.45) is 3.16. The van der Waals surface area contributed by atoms with Gasteiger partial charge in [-0.15, -0.1) is 11.3 Å². The van der Waals surface area contributed by atoms with Gasteiger partial charge in [-0.05, 0) is 55.5 Å². The normalized spacial score (nSPS) is 15.8. The smallest absolute Gasteiger partial charge is 0.251 e. The molecule has 4 nitrogen and oxygen atoms in total. The Bertz CT molecular complexity index is 951. The van der Waals surface area contributed by atoms with Crippen LogP contribution in [0.25, 0.3) is 0 Å². The number of ether oxygens (including phenoxy) is 1. The molecule has 0 radical (unpaired) electrons. The monoisotopic (exact) mass is 378 g/mol. The number of carbonyl (C=O) groups is 1. The molecule has 0 saturated carbocycles. The van der Waals surface area contributed by atoms with Crippen molar-refractivity contribution in [3.05, 3.63) is 81.3 Å². The van der Waals surface area contributed by atoms with E-state index < -0.39 is 0 Å². The van der Waals surface area contributed by atoms with Crippen LogP contribution in [-0.4, -0.2) is 10.9 Å². The Balaban J connectivity index is 1.43. The maximum Gasteiger partial charge on any atom is 0.251 e. The van der Waals surface area contributed by atoms with E-state index in [0.29, 0.717) is 17.9 Å². The average molecular weight is 378 g/mol. The number of rotatable bonds is 5. The standard InChI is InChI=1S/C22H22N2O2S/c1-15-23-18(14-27-15)13-26-19-9-4-8-17(12-19)22(25)24-21-11-5-7-16-6-2-3-10-20(16)21/h2-4,6,8-10,12,14,21H,5,7,11,13H2,1H3,(H,24,25)/t21-/m1/s1. The maximum absolute atomic E-state index is 12.8. The zero-order chi connectivity index (χ0) is 18.6. The van der Waals surface area contributed by atoms with Gasteiger partial charge in [-0.2, -0.15) is 0 Å². The topological polar surface area (TPSA) is 51.2 Å². The van der Waals surface area contributed by atoms with Gasteiger partial charge in [-0.1, -0.05) is 30.3 Å². The van der Waals surface area contributed by atoms with E-state index in [9.17, 15) is 4.79 Å². The minimum Gasteiger partial charge on any atom is -0.487 e. The summed E-state index contributed by atoms with van der Waals surface area (Å²) in [6, 6.07) is 15.8. The molecule has 2 aromatic carbocycles. The lowest BCUT2D eigenvalue weighted by Gasteiger charge is -2.26. The third-order valence-corrected chi connectivity index (χ3v) is 5.65. The Labute approximate surface area is 163 Å². The van der Waals surface area contributed by atoms with Crippen molar-refractivity contribution in [3.63, 3.8) is 0 Å². The highest BCUT2D eigenvalue weighted by Gasteiger charge is 2.22. The molecule has 3 aromatic rings. The summed E-state index contributed by atoms with van der Waals surface area (Å²) >= 11 is 1.61. The van der Waals surface area contributed by atoms with Gasteiger partial charge in [-0.25, -0.2) is 4.98 Å². The fraction of sp³-hybridized carbons (Fsp3) is 0.273. The highest BCUT2D eigenvalue weighted by Crippen LogP contribution is 2.29. The molecule has 0 bridgehead atoms. The first-order chi connectivity index (χ1) is 13.2. The molecule has 1 aliphatic carbocycles. The minimum atomic E-state index is -0.0633. The zero-order valence-corrected chi connectivity index (χ0v) is 16.1. The van der Waals surface area contributed by atoms with Crippen molar-refractivity contribution < 1.29 is 9.53 Å². The van der Waals surface area contributed by atoms with Crippen molar-refractivity contribution >= 4 is 17.2 Å². The summed E-state index contributed by atoms with van der Waals surface area (Å²) < 4.78 is 5.81. The van der Waals surface area contributed by atoms with Gasteiger partial charge in [0, 0.05) is 10.9 Å². The van der Waals surface area contributed by atoms with E-state index >= 15 is 0 Å². The lowest BCUT2D eigenvalue weighted by Crippen LogP contribution is -2.30. The van der Waals surface area contributed by atoms with Crippen LogP contribution < -0.4 is 10.1 Å². The molecule has 0 fully saturated rings. The Morgan fingerprint density at radius 3 is 3.00 bits per heavy atom. The number of nitrogens with one attached hydrogen (secondary N) is 1. The quantitative estimate of drug-likeness (QED) is 0.691. The van der Waals surface area contributed by atoms with E-state index in [0.717, 1.165) is 30.0 Å². The predicted octanol–water partition coefficient (Wildman–Crippen LogP) is 4.84. The lowest BCUT2D eigenvalue weighted by molar-refractivity contribution is 0.0932. The van der Waals surface area contributed by atoms with Crippen LogP contribution in [0.1, 0.15) is 51.1 Å². The van der Waals surface area contributed by atoms with Crippen LogP contribution >= 0.6 is 11.3 Å².